The fourth-order valence-corrected chi connectivity index (χ4v) is 3.32. The van der Waals surface area contributed by atoms with E-state index in [4.69, 9.17) is 0 Å². The van der Waals surface area contributed by atoms with E-state index in [1.165, 1.54) is 24.3 Å². The van der Waals surface area contributed by atoms with Crippen molar-refractivity contribution in [2.45, 2.75) is 13.0 Å². The number of hydrogen-bond acceptors (Lipinski definition) is 5. The van der Waals surface area contributed by atoms with Gasteiger partial charge in [0.2, 0.25) is 0 Å². The van der Waals surface area contributed by atoms with Crippen molar-refractivity contribution in [1.29, 1.82) is 0 Å². The predicted octanol–water partition coefficient (Wildman–Crippen LogP) is 1.03. The zero-order valence-electron chi connectivity index (χ0n) is 16.9. The van der Waals surface area contributed by atoms with E-state index in [1.54, 1.807) is 18.2 Å². The molecule has 2 aromatic rings. The summed E-state index contributed by atoms with van der Waals surface area (Å²) >= 11 is 0. The van der Waals surface area contributed by atoms with E-state index >= 15 is 0 Å². The predicted molar refractivity (Wildman–Crippen MR) is 114 cm³/mol. The number of nitrogens with one attached hydrogen (secondary N) is 2. The molecule has 0 saturated heterocycles. The lowest BCUT2D eigenvalue weighted by Crippen LogP contribution is -2.57. The Balaban J connectivity index is 1.98. The Morgan fingerprint density at radius 3 is 1.88 bits per heavy atom. The zero-order chi connectivity index (χ0) is 23.4. The van der Waals surface area contributed by atoms with Gasteiger partial charge < -0.3 is 20.8 Å². The molecule has 0 aromatic heterocycles. The molecule has 4 amide bonds. The molecule has 0 saturated carbocycles. The van der Waals surface area contributed by atoms with E-state index < -0.39 is 48.9 Å². The summed E-state index contributed by atoms with van der Waals surface area (Å²) in [6, 6.07) is 9.88. The molecule has 11 heteroatoms. The number of nitrogens with zero attached hydrogens (tertiary/aromatic N) is 2. The average Bonchev–Trinajstić information content (AvgIpc) is 2.79. The molecule has 4 N–H and O–H groups in total. The van der Waals surface area contributed by atoms with Crippen LogP contribution in [0.3, 0.4) is 0 Å². The number of benzene rings is 2. The van der Waals surface area contributed by atoms with Crippen LogP contribution in [0.2, 0.25) is 0 Å². The van der Waals surface area contributed by atoms with Crippen LogP contribution in [0.1, 0.15) is 5.56 Å². The van der Waals surface area contributed by atoms with Gasteiger partial charge in [0.25, 0.3) is 11.8 Å². The number of carbonyl (C=O) groups excluding carboxylic acids is 3. The quantitative estimate of drug-likeness (QED) is 0.489. The van der Waals surface area contributed by atoms with E-state index in [9.17, 15) is 34.2 Å². The van der Waals surface area contributed by atoms with E-state index in [2.05, 4.69) is 10.6 Å². The highest BCUT2D eigenvalue weighted by Gasteiger charge is 2.42. The molecule has 166 valence electrons. The summed E-state index contributed by atoms with van der Waals surface area (Å²) in [4.78, 5) is 63.3. The molecule has 0 aliphatic carbocycles. The Morgan fingerprint density at radius 1 is 0.875 bits per heavy atom. The number of anilines is 3. The third-order valence-electron chi connectivity index (χ3n) is 4.63. The normalized spacial score (nSPS) is 13.9. The van der Waals surface area contributed by atoms with Gasteiger partial charge in [0.05, 0.1) is 11.4 Å². The first kappa shape index (κ1) is 22.3. The summed E-state index contributed by atoms with van der Waals surface area (Å²) in [5.41, 5.74) is 1.35. The van der Waals surface area contributed by atoms with E-state index in [0.29, 0.717) is 5.69 Å². The SMILES string of the molecule is Cc1cccc(NC(=O)NC2C(=O)N(CC(=O)O)c3ccccc3N(CC(=O)O)C2=O)c1. The highest BCUT2D eigenvalue weighted by molar-refractivity contribution is 6.23. The molecule has 0 bridgehead atoms. The molecule has 0 spiro atoms. The lowest BCUT2D eigenvalue weighted by Gasteiger charge is -2.23. The number of hydrogen-bond donors (Lipinski definition) is 4. The number of carboxylic acid groups (broad SMARTS) is 2. The number of carbonyl (C=O) groups is 5. The van der Waals surface area contributed by atoms with Gasteiger partial charge in [0.15, 0.2) is 6.04 Å². The molecule has 3 rings (SSSR count). The van der Waals surface area contributed by atoms with Crippen molar-refractivity contribution in [3.63, 3.8) is 0 Å². The fraction of sp³-hybridized carbons (Fsp3) is 0.190. The second-order valence-corrected chi connectivity index (χ2v) is 7.03. The minimum absolute atomic E-state index is 0.0397. The summed E-state index contributed by atoms with van der Waals surface area (Å²) in [7, 11) is 0. The molecule has 1 aliphatic rings. The lowest BCUT2D eigenvalue weighted by molar-refractivity contribution is -0.138. The van der Waals surface area contributed by atoms with Crippen molar-refractivity contribution >= 4 is 46.8 Å². The van der Waals surface area contributed by atoms with Gasteiger partial charge in [-0.05, 0) is 36.8 Å². The Labute approximate surface area is 182 Å². The number of rotatable bonds is 6. The van der Waals surface area contributed by atoms with Gasteiger partial charge in [-0.25, -0.2) is 4.79 Å². The number of aryl methyl sites for hydroxylation is 1. The Hall–Kier alpha value is -4.41. The maximum absolute atomic E-state index is 13.2. The van der Waals surface area contributed by atoms with E-state index in [0.717, 1.165) is 15.4 Å². The molecule has 2 aromatic carbocycles. The monoisotopic (exact) mass is 440 g/mol. The number of amides is 4. The first-order valence-corrected chi connectivity index (χ1v) is 9.47. The fourth-order valence-electron chi connectivity index (χ4n) is 3.32. The lowest BCUT2D eigenvalue weighted by atomic mass is 10.2. The van der Waals surface area contributed by atoms with E-state index in [1.807, 2.05) is 13.0 Å². The van der Waals surface area contributed by atoms with Crippen LogP contribution in [0.5, 0.6) is 0 Å². The summed E-state index contributed by atoms with van der Waals surface area (Å²) in [5, 5.41) is 23.3. The maximum Gasteiger partial charge on any atom is 0.323 e. The Morgan fingerprint density at radius 2 is 1.41 bits per heavy atom. The van der Waals surface area contributed by atoms with Crippen molar-refractivity contribution in [3.8, 4) is 0 Å². The van der Waals surface area contributed by atoms with Gasteiger partial charge in [0, 0.05) is 5.69 Å². The number of aliphatic carboxylic acids is 2. The third-order valence-corrected chi connectivity index (χ3v) is 4.63. The van der Waals surface area contributed by atoms with Crippen LogP contribution < -0.4 is 20.4 Å². The van der Waals surface area contributed by atoms with Gasteiger partial charge in [-0.2, -0.15) is 0 Å². The summed E-state index contributed by atoms with van der Waals surface area (Å²) in [5.74, 6) is -4.71. The summed E-state index contributed by atoms with van der Waals surface area (Å²) < 4.78 is 0. The molecule has 0 radical (unpaired) electrons. The minimum Gasteiger partial charge on any atom is -0.480 e. The summed E-state index contributed by atoms with van der Waals surface area (Å²) in [6.45, 7) is 0.232. The van der Waals surface area contributed by atoms with Crippen LogP contribution in [-0.2, 0) is 19.2 Å². The molecule has 32 heavy (non-hydrogen) atoms. The highest BCUT2D eigenvalue weighted by atomic mass is 16.4. The van der Waals surface area contributed by atoms with Crippen molar-refractivity contribution in [2.24, 2.45) is 0 Å². The molecule has 1 heterocycles. The van der Waals surface area contributed by atoms with Crippen LogP contribution in [0.25, 0.3) is 0 Å². The van der Waals surface area contributed by atoms with Crippen molar-refractivity contribution in [3.05, 3.63) is 54.1 Å². The number of para-hydroxylation sites is 2. The van der Waals surface area contributed by atoms with Crippen LogP contribution in [0, 0.1) is 6.92 Å². The van der Waals surface area contributed by atoms with Gasteiger partial charge in [-0.1, -0.05) is 24.3 Å². The number of urea groups is 1. The number of fused-ring (bicyclic) bond motifs is 1. The van der Waals surface area contributed by atoms with Crippen LogP contribution in [-0.4, -0.2) is 59.1 Å². The molecule has 1 aliphatic heterocycles. The summed E-state index contributed by atoms with van der Waals surface area (Å²) in [6.07, 6.45) is 0. The molecule has 0 atom stereocenters. The smallest absolute Gasteiger partial charge is 0.323 e. The van der Waals surface area contributed by atoms with Crippen molar-refractivity contribution < 1.29 is 34.2 Å². The highest BCUT2D eigenvalue weighted by Crippen LogP contribution is 2.33. The average molecular weight is 440 g/mol. The zero-order valence-corrected chi connectivity index (χ0v) is 16.9. The molecule has 11 nitrogen and oxygen atoms in total. The van der Waals surface area contributed by atoms with Gasteiger partial charge in [-0.15, -0.1) is 0 Å². The van der Waals surface area contributed by atoms with Gasteiger partial charge in [-0.3, -0.25) is 29.0 Å². The molecule has 0 fully saturated rings. The van der Waals surface area contributed by atoms with Gasteiger partial charge in [0.1, 0.15) is 13.1 Å². The van der Waals surface area contributed by atoms with Gasteiger partial charge >= 0.3 is 18.0 Å². The largest absolute Gasteiger partial charge is 0.480 e. The number of carboxylic acids is 2. The third kappa shape index (κ3) is 4.83. The topological polar surface area (TPSA) is 156 Å². The molecule has 0 unspecified atom stereocenters. The van der Waals surface area contributed by atoms with Crippen LogP contribution in [0.4, 0.5) is 21.9 Å². The van der Waals surface area contributed by atoms with Crippen molar-refractivity contribution in [1.82, 2.24) is 5.32 Å². The first-order valence-electron chi connectivity index (χ1n) is 9.47. The Kier molecular flexibility index (Phi) is 6.38. The minimum atomic E-state index is -1.84. The second kappa shape index (κ2) is 9.16. The molecular weight excluding hydrogens is 420 g/mol. The van der Waals surface area contributed by atoms with Crippen molar-refractivity contribution in [2.75, 3.05) is 28.2 Å². The maximum atomic E-state index is 13.2. The Bertz CT molecular complexity index is 1050. The standard InChI is InChI=1S/C21H20N4O7/c1-12-5-4-6-13(9-12)22-21(32)23-18-19(30)24(10-16(26)27)14-7-2-3-8-15(14)25(20(18)31)11-17(28)29/h2-9,18H,10-11H2,1H3,(H,26,27)(H,28,29)(H2,22,23,32). The molecular formula is C21H20N4O7. The first-order chi connectivity index (χ1) is 15.2. The second-order valence-electron chi connectivity index (χ2n) is 7.03. The van der Waals surface area contributed by atoms with E-state index in [-0.39, 0.29) is 11.4 Å². The van der Waals surface area contributed by atoms with Crippen LogP contribution >= 0.6 is 0 Å². The van der Waals surface area contributed by atoms with Crippen LogP contribution in [0.15, 0.2) is 48.5 Å².